The molecule has 28 heavy (non-hydrogen) atoms. The minimum Gasteiger partial charge on any atom is -0.355 e. The molecule has 3 heterocycles. The first kappa shape index (κ1) is 19.8. The van der Waals surface area contributed by atoms with Gasteiger partial charge in [-0.3, -0.25) is 0 Å². The molecule has 1 aliphatic heterocycles. The molecule has 152 valence electrons. The Morgan fingerprint density at radius 1 is 1.21 bits per heavy atom. The van der Waals surface area contributed by atoms with Gasteiger partial charge in [0.1, 0.15) is 5.82 Å². The highest BCUT2D eigenvalue weighted by atomic mass is 19.4. The largest absolute Gasteiger partial charge is 0.417 e. The number of urea groups is 1. The van der Waals surface area contributed by atoms with E-state index in [1.165, 1.54) is 10.7 Å². The highest BCUT2D eigenvalue weighted by molar-refractivity contribution is 5.74. The van der Waals surface area contributed by atoms with Crippen molar-refractivity contribution >= 4 is 11.8 Å². The zero-order valence-electron chi connectivity index (χ0n) is 15.5. The maximum atomic E-state index is 12.7. The van der Waals surface area contributed by atoms with Crippen LogP contribution in [-0.2, 0) is 13.2 Å². The summed E-state index contributed by atoms with van der Waals surface area (Å²) < 4.78 is 39.5. The maximum Gasteiger partial charge on any atom is 0.417 e. The lowest BCUT2D eigenvalue weighted by Gasteiger charge is -2.24. The van der Waals surface area contributed by atoms with E-state index in [0.717, 1.165) is 12.3 Å². The first-order chi connectivity index (χ1) is 13.3. The standard InChI is InChI=1S/C16H21F3N8O/c1-11(14-22-23-24-25(14)2)21-15(28)27-7-3-6-26(8-9-27)13-5-4-12(10-20-13)16(17,18)19/h4-5,10-11H,3,6-9H2,1-2H3,(H,21,28)/t11-/m1/s1. The van der Waals surface area contributed by atoms with Crippen molar-refractivity contribution in [2.75, 3.05) is 31.1 Å². The molecule has 1 N–H and O–H groups in total. The van der Waals surface area contributed by atoms with Crippen molar-refractivity contribution in [3.63, 3.8) is 0 Å². The number of alkyl halides is 3. The van der Waals surface area contributed by atoms with Crippen LogP contribution in [-0.4, -0.2) is 62.3 Å². The van der Waals surface area contributed by atoms with Gasteiger partial charge in [-0.05, 0) is 35.9 Å². The van der Waals surface area contributed by atoms with E-state index in [9.17, 15) is 18.0 Å². The second-order valence-corrected chi connectivity index (χ2v) is 6.56. The van der Waals surface area contributed by atoms with Crippen LogP contribution < -0.4 is 10.2 Å². The molecule has 0 radical (unpaired) electrons. The molecular formula is C16H21F3N8O. The number of carbonyl (C=O) groups excluding carboxylic acids is 1. The van der Waals surface area contributed by atoms with Crippen molar-refractivity contribution in [2.24, 2.45) is 7.05 Å². The average Bonchev–Trinajstić information content (AvgIpc) is 2.93. The van der Waals surface area contributed by atoms with Gasteiger partial charge in [0.15, 0.2) is 5.82 Å². The Morgan fingerprint density at radius 3 is 2.61 bits per heavy atom. The highest BCUT2D eigenvalue weighted by Gasteiger charge is 2.31. The maximum absolute atomic E-state index is 12.7. The lowest BCUT2D eigenvalue weighted by Crippen LogP contribution is -2.43. The Morgan fingerprint density at radius 2 is 2.00 bits per heavy atom. The average molecular weight is 398 g/mol. The number of carbonyl (C=O) groups is 1. The molecule has 2 amide bonds. The molecule has 0 spiro atoms. The molecular weight excluding hydrogens is 377 g/mol. The second kappa shape index (κ2) is 7.98. The Labute approximate surface area is 159 Å². The molecule has 2 aromatic rings. The van der Waals surface area contributed by atoms with Gasteiger partial charge in [-0.1, -0.05) is 0 Å². The minimum atomic E-state index is -4.41. The molecule has 0 bridgehead atoms. The van der Waals surface area contributed by atoms with E-state index in [2.05, 4.69) is 25.8 Å². The van der Waals surface area contributed by atoms with Crippen LogP contribution in [0.2, 0.25) is 0 Å². The summed E-state index contributed by atoms with van der Waals surface area (Å²) in [6.45, 7) is 3.83. The predicted octanol–water partition coefficient (Wildman–Crippen LogP) is 1.61. The van der Waals surface area contributed by atoms with Crippen LogP contribution in [0.25, 0.3) is 0 Å². The molecule has 0 aliphatic carbocycles. The number of amides is 2. The summed E-state index contributed by atoms with van der Waals surface area (Å²) in [5, 5.41) is 14.0. The molecule has 3 rings (SSSR count). The van der Waals surface area contributed by atoms with E-state index in [-0.39, 0.29) is 12.1 Å². The van der Waals surface area contributed by atoms with Crippen LogP contribution in [0.4, 0.5) is 23.8 Å². The molecule has 0 aromatic carbocycles. The third-order valence-corrected chi connectivity index (χ3v) is 4.56. The zero-order chi connectivity index (χ0) is 20.3. The third kappa shape index (κ3) is 4.49. The van der Waals surface area contributed by atoms with Crippen LogP contribution in [0.15, 0.2) is 18.3 Å². The topological polar surface area (TPSA) is 92.1 Å². The number of nitrogens with zero attached hydrogens (tertiary/aromatic N) is 7. The molecule has 12 heteroatoms. The fourth-order valence-electron chi connectivity index (χ4n) is 3.03. The Bertz CT molecular complexity index is 807. The number of nitrogens with one attached hydrogen (secondary N) is 1. The number of aromatic nitrogens is 5. The molecule has 1 saturated heterocycles. The first-order valence-electron chi connectivity index (χ1n) is 8.81. The molecule has 1 atom stereocenters. The Balaban J connectivity index is 1.58. The fraction of sp³-hybridized carbons (Fsp3) is 0.562. The van der Waals surface area contributed by atoms with Crippen LogP contribution >= 0.6 is 0 Å². The quantitative estimate of drug-likeness (QED) is 0.845. The second-order valence-electron chi connectivity index (χ2n) is 6.56. The van der Waals surface area contributed by atoms with Gasteiger partial charge in [-0.25, -0.2) is 14.5 Å². The highest BCUT2D eigenvalue weighted by Crippen LogP contribution is 2.29. The zero-order valence-corrected chi connectivity index (χ0v) is 15.5. The Kier molecular flexibility index (Phi) is 5.66. The molecule has 9 nitrogen and oxygen atoms in total. The van der Waals surface area contributed by atoms with Crippen LogP contribution in [0, 0.1) is 0 Å². The van der Waals surface area contributed by atoms with Crippen molar-refractivity contribution in [3.8, 4) is 0 Å². The van der Waals surface area contributed by atoms with Crippen LogP contribution in [0.5, 0.6) is 0 Å². The van der Waals surface area contributed by atoms with Gasteiger partial charge in [0, 0.05) is 39.4 Å². The normalized spacial score (nSPS) is 16.6. The summed E-state index contributed by atoms with van der Waals surface area (Å²) in [7, 11) is 1.69. The predicted molar refractivity (Wildman–Crippen MR) is 93.4 cm³/mol. The van der Waals surface area contributed by atoms with Gasteiger partial charge in [-0.15, -0.1) is 5.10 Å². The lowest BCUT2D eigenvalue weighted by molar-refractivity contribution is -0.137. The summed E-state index contributed by atoms with van der Waals surface area (Å²) >= 11 is 0. The summed E-state index contributed by atoms with van der Waals surface area (Å²) in [5.41, 5.74) is -0.778. The van der Waals surface area contributed by atoms with Crippen molar-refractivity contribution in [1.29, 1.82) is 0 Å². The van der Waals surface area contributed by atoms with E-state index in [0.29, 0.717) is 44.2 Å². The van der Waals surface area contributed by atoms with E-state index in [1.807, 2.05) is 4.90 Å². The lowest BCUT2D eigenvalue weighted by atomic mass is 10.2. The summed E-state index contributed by atoms with van der Waals surface area (Å²) in [6, 6.07) is 1.79. The number of hydrogen-bond acceptors (Lipinski definition) is 6. The van der Waals surface area contributed by atoms with E-state index >= 15 is 0 Å². The van der Waals surface area contributed by atoms with E-state index < -0.39 is 11.7 Å². The number of hydrogen-bond donors (Lipinski definition) is 1. The monoisotopic (exact) mass is 398 g/mol. The van der Waals surface area contributed by atoms with Crippen molar-refractivity contribution in [3.05, 3.63) is 29.7 Å². The minimum absolute atomic E-state index is 0.238. The molecule has 2 aromatic heterocycles. The number of pyridine rings is 1. The summed E-state index contributed by atoms with van der Waals surface area (Å²) in [5.74, 6) is 1.01. The smallest absolute Gasteiger partial charge is 0.355 e. The number of aryl methyl sites for hydroxylation is 1. The van der Waals surface area contributed by atoms with Crippen molar-refractivity contribution < 1.29 is 18.0 Å². The summed E-state index contributed by atoms with van der Waals surface area (Å²) in [4.78, 5) is 20.0. The molecule has 0 unspecified atom stereocenters. The SMILES string of the molecule is C[C@@H](NC(=O)N1CCCN(c2ccc(C(F)(F)F)cn2)CC1)c1nnnn1C. The Hall–Kier alpha value is -2.92. The van der Waals surface area contributed by atoms with Gasteiger partial charge in [0.05, 0.1) is 11.6 Å². The number of rotatable bonds is 3. The number of anilines is 1. The van der Waals surface area contributed by atoms with Gasteiger partial charge in [-0.2, -0.15) is 13.2 Å². The van der Waals surface area contributed by atoms with Gasteiger partial charge in [0.2, 0.25) is 0 Å². The number of tetrazole rings is 1. The van der Waals surface area contributed by atoms with Gasteiger partial charge in [0.25, 0.3) is 0 Å². The van der Waals surface area contributed by atoms with Gasteiger partial charge >= 0.3 is 12.2 Å². The van der Waals surface area contributed by atoms with Crippen molar-refractivity contribution in [2.45, 2.75) is 25.6 Å². The van der Waals surface area contributed by atoms with E-state index in [1.54, 1.807) is 18.9 Å². The van der Waals surface area contributed by atoms with Crippen LogP contribution in [0.1, 0.15) is 30.8 Å². The fourth-order valence-corrected chi connectivity index (χ4v) is 3.03. The molecule has 0 saturated carbocycles. The number of halogens is 3. The molecule has 1 fully saturated rings. The first-order valence-corrected chi connectivity index (χ1v) is 8.81. The van der Waals surface area contributed by atoms with Crippen LogP contribution in [0.3, 0.4) is 0 Å². The summed E-state index contributed by atoms with van der Waals surface area (Å²) in [6.07, 6.45) is -2.90. The molecule has 1 aliphatic rings. The van der Waals surface area contributed by atoms with E-state index in [4.69, 9.17) is 0 Å². The van der Waals surface area contributed by atoms with Gasteiger partial charge < -0.3 is 15.1 Å². The third-order valence-electron chi connectivity index (χ3n) is 4.56. The van der Waals surface area contributed by atoms with Crippen molar-refractivity contribution in [1.82, 2.24) is 35.4 Å².